The van der Waals surface area contributed by atoms with Crippen LogP contribution in [-0.4, -0.2) is 15.9 Å². The van der Waals surface area contributed by atoms with Crippen LogP contribution >= 0.6 is 23.2 Å². The Morgan fingerprint density at radius 1 is 1.42 bits per heavy atom. The van der Waals surface area contributed by atoms with Crippen LogP contribution in [0, 0.1) is 6.92 Å². The summed E-state index contributed by atoms with van der Waals surface area (Å²) in [6.45, 7) is 3.13. The zero-order valence-electron chi connectivity index (χ0n) is 10.2. The van der Waals surface area contributed by atoms with E-state index in [0.29, 0.717) is 22.3 Å². The first kappa shape index (κ1) is 13.8. The maximum atomic E-state index is 11.5. The number of carbonyl (C=O) groups excluding carboxylic acids is 1. The molecule has 1 aromatic carbocycles. The van der Waals surface area contributed by atoms with Gasteiger partial charge in [-0.05, 0) is 26.0 Å². The molecule has 0 atom stereocenters. The van der Waals surface area contributed by atoms with Crippen molar-refractivity contribution >= 4 is 29.0 Å². The average molecular weight is 301 g/mol. The summed E-state index contributed by atoms with van der Waals surface area (Å²) < 4.78 is 10.4. The molecule has 0 aliphatic rings. The molecule has 0 radical (unpaired) electrons. The number of benzene rings is 1. The van der Waals surface area contributed by atoms with Crippen molar-refractivity contribution in [2.45, 2.75) is 20.5 Å². The number of Topliss-reactive ketones (excluding diaryl/α,β-unsaturated/α-hetero) is 1. The van der Waals surface area contributed by atoms with Crippen molar-refractivity contribution in [1.29, 1.82) is 0 Å². The van der Waals surface area contributed by atoms with Crippen LogP contribution in [0.3, 0.4) is 0 Å². The zero-order valence-corrected chi connectivity index (χ0v) is 11.7. The fraction of sp³-hybridized carbons (Fsp3) is 0.250. The monoisotopic (exact) mass is 300 g/mol. The summed E-state index contributed by atoms with van der Waals surface area (Å²) in [5, 5.41) is 4.13. The molecule has 5 nitrogen and oxygen atoms in total. The number of aryl methyl sites for hydroxylation is 1. The molecule has 1 aromatic heterocycles. The van der Waals surface area contributed by atoms with Gasteiger partial charge in [0.15, 0.2) is 24.0 Å². The second-order valence-corrected chi connectivity index (χ2v) is 4.60. The lowest BCUT2D eigenvalue weighted by Gasteiger charge is -2.10. The Morgan fingerprint density at radius 2 is 2.16 bits per heavy atom. The number of halogens is 2. The van der Waals surface area contributed by atoms with Gasteiger partial charge in [-0.3, -0.25) is 4.79 Å². The molecule has 0 saturated heterocycles. The van der Waals surface area contributed by atoms with Crippen molar-refractivity contribution in [2.75, 3.05) is 0 Å². The van der Waals surface area contributed by atoms with Crippen LogP contribution in [-0.2, 0) is 6.61 Å². The third kappa shape index (κ3) is 3.05. The van der Waals surface area contributed by atoms with E-state index in [9.17, 15) is 4.79 Å². The van der Waals surface area contributed by atoms with Gasteiger partial charge in [-0.1, -0.05) is 28.4 Å². The Bertz CT molecular complexity index is 625. The van der Waals surface area contributed by atoms with Gasteiger partial charge in [0.25, 0.3) is 5.89 Å². The molecule has 0 fully saturated rings. The molecule has 0 aliphatic heterocycles. The van der Waals surface area contributed by atoms with Crippen LogP contribution < -0.4 is 4.74 Å². The summed E-state index contributed by atoms with van der Waals surface area (Å²) in [6.07, 6.45) is 0. The highest BCUT2D eigenvalue weighted by atomic mass is 35.5. The number of ketones is 1. The van der Waals surface area contributed by atoms with Gasteiger partial charge in [-0.15, -0.1) is 0 Å². The van der Waals surface area contributed by atoms with Crippen molar-refractivity contribution in [1.82, 2.24) is 10.1 Å². The van der Waals surface area contributed by atoms with Crippen molar-refractivity contribution in [3.05, 3.63) is 39.5 Å². The van der Waals surface area contributed by atoms with E-state index in [2.05, 4.69) is 10.1 Å². The second kappa shape index (κ2) is 5.59. The maximum absolute atomic E-state index is 11.5. The van der Waals surface area contributed by atoms with Gasteiger partial charge in [0.1, 0.15) is 5.02 Å². The highest BCUT2D eigenvalue weighted by molar-refractivity contribution is 6.43. The summed E-state index contributed by atoms with van der Waals surface area (Å²) in [7, 11) is 0. The normalized spacial score (nSPS) is 10.5. The third-order valence-electron chi connectivity index (χ3n) is 2.34. The van der Waals surface area contributed by atoms with E-state index < -0.39 is 0 Å². The Labute approximate surface area is 119 Å². The van der Waals surface area contributed by atoms with Crippen molar-refractivity contribution < 1.29 is 14.1 Å². The number of nitrogens with zero attached hydrogens (tertiary/aromatic N) is 2. The number of ether oxygens (including phenoxy) is 1. The van der Waals surface area contributed by atoms with Crippen molar-refractivity contribution in [3.63, 3.8) is 0 Å². The highest BCUT2D eigenvalue weighted by Gasteiger charge is 2.16. The summed E-state index contributed by atoms with van der Waals surface area (Å²) >= 11 is 11.9. The molecule has 100 valence electrons. The van der Waals surface area contributed by atoms with Crippen LogP contribution in [0.15, 0.2) is 16.7 Å². The van der Waals surface area contributed by atoms with Crippen LogP contribution in [0.2, 0.25) is 10.0 Å². The molecule has 2 rings (SSSR count). The van der Waals surface area contributed by atoms with E-state index in [1.807, 2.05) is 0 Å². The number of hydrogen-bond acceptors (Lipinski definition) is 5. The Hall–Kier alpha value is -1.59. The van der Waals surface area contributed by atoms with E-state index in [1.165, 1.54) is 6.92 Å². The lowest BCUT2D eigenvalue weighted by atomic mass is 10.1. The molecule has 0 unspecified atom stereocenters. The lowest BCUT2D eigenvalue weighted by molar-refractivity contribution is 0.101. The molecule has 0 bridgehead atoms. The van der Waals surface area contributed by atoms with Crippen LogP contribution in [0.25, 0.3) is 0 Å². The molecule has 0 spiro atoms. The van der Waals surface area contributed by atoms with Crippen LogP contribution in [0.1, 0.15) is 29.0 Å². The Morgan fingerprint density at radius 3 is 2.74 bits per heavy atom. The smallest absolute Gasteiger partial charge is 0.264 e. The first-order valence-corrected chi connectivity index (χ1v) is 6.15. The summed E-state index contributed by atoms with van der Waals surface area (Å²) in [5.41, 5.74) is 0.352. The quantitative estimate of drug-likeness (QED) is 0.809. The molecular weight excluding hydrogens is 291 g/mol. The van der Waals surface area contributed by atoms with E-state index in [-0.39, 0.29) is 23.2 Å². The van der Waals surface area contributed by atoms with Gasteiger partial charge >= 0.3 is 0 Å². The van der Waals surface area contributed by atoms with Crippen LogP contribution in [0.5, 0.6) is 5.75 Å². The number of rotatable bonds is 4. The molecule has 7 heteroatoms. The molecule has 0 aliphatic carbocycles. The predicted molar refractivity (Wildman–Crippen MR) is 69.8 cm³/mol. The van der Waals surface area contributed by atoms with Gasteiger partial charge < -0.3 is 9.26 Å². The maximum Gasteiger partial charge on any atom is 0.264 e. The first-order chi connectivity index (χ1) is 8.99. The lowest BCUT2D eigenvalue weighted by Crippen LogP contribution is -2.03. The van der Waals surface area contributed by atoms with Gasteiger partial charge in [0.2, 0.25) is 0 Å². The van der Waals surface area contributed by atoms with E-state index in [1.54, 1.807) is 19.1 Å². The van der Waals surface area contributed by atoms with Crippen LogP contribution in [0.4, 0.5) is 0 Å². The summed E-state index contributed by atoms with van der Waals surface area (Å²) in [6, 6.07) is 3.11. The highest BCUT2D eigenvalue weighted by Crippen LogP contribution is 2.35. The SMILES string of the molecule is CC(=O)c1ccc(Cl)c(Cl)c1OCc1nc(C)no1. The minimum atomic E-state index is -0.171. The Kier molecular flexibility index (Phi) is 4.07. The van der Waals surface area contributed by atoms with Gasteiger partial charge in [-0.25, -0.2) is 0 Å². The third-order valence-corrected chi connectivity index (χ3v) is 3.13. The fourth-order valence-corrected chi connectivity index (χ4v) is 1.85. The van der Waals surface area contributed by atoms with Crippen molar-refractivity contribution in [3.8, 4) is 5.75 Å². The van der Waals surface area contributed by atoms with Gasteiger partial charge in [-0.2, -0.15) is 4.98 Å². The van der Waals surface area contributed by atoms with E-state index >= 15 is 0 Å². The molecule has 2 aromatic rings. The number of hydrogen-bond donors (Lipinski definition) is 0. The molecular formula is C12H10Cl2N2O3. The van der Waals surface area contributed by atoms with E-state index in [0.717, 1.165) is 0 Å². The topological polar surface area (TPSA) is 65.2 Å². The second-order valence-electron chi connectivity index (χ2n) is 3.82. The largest absolute Gasteiger partial charge is 0.481 e. The minimum absolute atomic E-state index is 0.0151. The number of carbonyl (C=O) groups is 1. The average Bonchev–Trinajstić information content (AvgIpc) is 2.76. The molecule has 0 amide bonds. The van der Waals surface area contributed by atoms with E-state index in [4.69, 9.17) is 32.5 Å². The molecule has 0 saturated carbocycles. The molecule has 0 N–H and O–H groups in total. The Balaban J connectivity index is 2.28. The first-order valence-electron chi connectivity index (χ1n) is 5.40. The predicted octanol–water partition coefficient (Wildman–Crippen LogP) is 3.47. The van der Waals surface area contributed by atoms with Gasteiger partial charge in [0.05, 0.1) is 10.6 Å². The zero-order chi connectivity index (χ0) is 14.0. The summed E-state index contributed by atoms with van der Waals surface area (Å²) in [4.78, 5) is 15.5. The van der Waals surface area contributed by atoms with Gasteiger partial charge in [0, 0.05) is 0 Å². The standard InChI is InChI=1S/C12H10Cl2N2O3/c1-6(17)8-3-4-9(13)11(14)12(8)18-5-10-15-7(2)16-19-10/h3-4H,5H2,1-2H3. The van der Waals surface area contributed by atoms with Crippen molar-refractivity contribution in [2.24, 2.45) is 0 Å². The number of aromatic nitrogens is 2. The molecule has 19 heavy (non-hydrogen) atoms. The summed E-state index contributed by atoms with van der Waals surface area (Å²) in [5.74, 6) is 0.846. The molecule has 1 heterocycles. The fourth-order valence-electron chi connectivity index (χ4n) is 1.48. The minimum Gasteiger partial charge on any atom is -0.481 e.